The molecule has 1 fully saturated rings. The van der Waals surface area contributed by atoms with Gasteiger partial charge >= 0.3 is 0 Å². The number of aromatic nitrogens is 2. The first-order valence-electron chi connectivity index (χ1n) is 6.65. The Kier molecular flexibility index (Phi) is 3.64. The number of anilines is 1. The van der Waals surface area contributed by atoms with E-state index in [9.17, 15) is 5.11 Å². The van der Waals surface area contributed by atoms with Crippen LogP contribution in [-0.4, -0.2) is 40.1 Å². The van der Waals surface area contributed by atoms with Crippen molar-refractivity contribution in [3.05, 3.63) is 11.3 Å². The molecule has 1 unspecified atom stereocenters. The zero-order valence-electron chi connectivity index (χ0n) is 11.8. The van der Waals surface area contributed by atoms with Gasteiger partial charge in [0.25, 0.3) is 0 Å². The van der Waals surface area contributed by atoms with Gasteiger partial charge in [-0.1, -0.05) is 6.92 Å². The van der Waals surface area contributed by atoms with E-state index in [-0.39, 0.29) is 0 Å². The Balaban J connectivity index is 2.26. The molecule has 1 atom stereocenters. The van der Waals surface area contributed by atoms with Crippen molar-refractivity contribution in [1.82, 2.24) is 15.1 Å². The lowest BCUT2D eigenvalue weighted by atomic mass is 10.1. The average Bonchev–Trinajstić information content (AvgIpc) is 2.76. The third-order valence-electron chi connectivity index (χ3n) is 3.62. The van der Waals surface area contributed by atoms with E-state index < -0.39 is 5.60 Å². The molecule has 5 nitrogen and oxygen atoms in total. The molecule has 102 valence electrons. The summed E-state index contributed by atoms with van der Waals surface area (Å²) in [5, 5.41) is 18.0. The summed E-state index contributed by atoms with van der Waals surface area (Å²) in [7, 11) is 1.98. The third-order valence-corrected chi connectivity index (χ3v) is 3.62. The summed E-state index contributed by atoms with van der Waals surface area (Å²) in [6.45, 7) is 9.42. The van der Waals surface area contributed by atoms with Gasteiger partial charge in [-0.15, -0.1) is 0 Å². The highest BCUT2D eigenvalue weighted by Crippen LogP contribution is 2.30. The molecule has 0 bridgehead atoms. The molecule has 0 saturated carbocycles. The van der Waals surface area contributed by atoms with Crippen molar-refractivity contribution in [2.45, 2.75) is 39.3 Å². The van der Waals surface area contributed by atoms with E-state index >= 15 is 0 Å². The van der Waals surface area contributed by atoms with E-state index in [0.717, 1.165) is 37.6 Å². The van der Waals surface area contributed by atoms with Crippen molar-refractivity contribution < 1.29 is 5.11 Å². The minimum atomic E-state index is -0.576. The zero-order valence-corrected chi connectivity index (χ0v) is 11.8. The van der Waals surface area contributed by atoms with Gasteiger partial charge in [0.05, 0.1) is 11.3 Å². The van der Waals surface area contributed by atoms with Crippen molar-refractivity contribution in [2.24, 2.45) is 7.05 Å². The van der Waals surface area contributed by atoms with E-state index in [1.54, 1.807) is 0 Å². The quantitative estimate of drug-likeness (QED) is 0.832. The first-order chi connectivity index (χ1) is 8.44. The van der Waals surface area contributed by atoms with Crippen LogP contribution in [0.15, 0.2) is 0 Å². The highest BCUT2D eigenvalue weighted by Gasteiger charge is 2.34. The van der Waals surface area contributed by atoms with Crippen LogP contribution in [0.3, 0.4) is 0 Å². The summed E-state index contributed by atoms with van der Waals surface area (Å²) >= 11 is 0. The molecule has 0 aliphatic carbocycles. The van der Waals surface area contributed by atoms with Crippen molar-refractivity contribution in [3.8, 4) is 0 Å². The fourth-order valence-corrected chi connectivity index (χ4v) is 2.67. The molecule has 5 heteroatoms. The fourth-order valence-electron chi connectivity index (χ4n) is 2.67. The van der Waals surface area contributed by atoms with Crippen molar-refractivity contribution in [1.29, 1.82) is 0 Å². The summed E-state index contributed by atoms with van der Waals surface area (Å²) < 4.78 is 1.93. The Morgan fingerprint density at radius 2 is 2.22 bits per heavy atom. The Bertz CT molecular complexity index is 425. The van der Waals surface area contributed by atoms with E-state index in [0.29, 0.717) is 6.54 Å². The van der Waals surface area contributed by atoms with Crippen LogP contribution in [0.2, 0.25) is 0 Å². The third kappa shape index (κ3) is 2.52. The van der Waals surface area contributed by atoms with Gasteiger partial charge in [0.1, 0.15) is 5.82 Å². The largest absolute Gasteiger partial charge is 0.388 e. The fraction of sp³-hybridized carbons (Fsp3) is 0.769. The molecular weight excluding hydrogens is 228 g/mol. The number of aryl methyl sites for hydroxylation is 2. The number of hydrogen-bond acceptors (Lipinski definition) is 4. The second-order valence-electron chi connectivity index (χ2n) is 5.46. The van der Waals surface area contributed by atoms with Crippen molar-refractivity contribution in [2.75, 3.05) is 24.5 Å². The number of nitrogens with zero attached hydrogens (tertiary/aromatic N) is 3. The molecule has 0 amide bonds. The number of hydrogen-bond donors (Lipinski definition) is 2. The Morgan fingerprint density at radius 1 is 1.50 bits per heavy atom. The Labute approximate surface area is 109 Å². The smallest absolute Gasteiger partial charge is 0.131 e. The highest BCUT2D eigenvalue weighted by atomic mass is 16.3. The monoisotopic (exact) mass is 252 g/mol. The molecule has 0 aromatic carbocycles. The zero-order chi connectivity index (χ0) is 13.3. The summed E-state index contributed by atoms with van der Waals surface area (Å²) in [6, 6.07) is 0. The van der Waals surface area contributed by atoms with Crippen LogP contribution in [-0.2, 0) is 13.6 Å². The minimum absolute atomic E-state index is 0.576. The Hall–Kier alpha value is -1.07. The first kappa shape index (κ1) is 13.4. The molecule has 1 saturated heterocycles. The van der Waals surface area contributed by atoms with Crippen LogP contribution in [0.5, 0.6) is 0 Å². The molecule has 1 aromatic rings. The number of nitrogens with one attached hydrogen (secondary N) is 1. The van der Waals surface area contributed by atoms with Crippen molar-refractivity contribution >= 4 is 5.82 Å². The van der Waals surface area contributed by atoms with Crippen LogP contribution in [0.1, 0.15) is 31.5 Å². The Morgan fingerprint density at radius 3 is 2.78 bits per heavy atom. The summed E-state index contributed by atoms with van der Waals surface area (Å²) in [5.41, 5.74) is 1.74. The minimum Gasteiger partial charge on any atom is -0.388 e. The van der Waals surface area contributed by atoms with Gasteiger partial charge in [-0.3, -0.25) is 4.68 Å². The maximum absolute atomic E-state index is 10.1. The predicted octanol–water partition coefficient (Wildman–Crippen LogP) is 0.799. The van der Waals surface area contributed by atoms with Gasteiger partial charge in [-0.05, 0) is 26.8 Å². The lowest BCUT2D eigenvalue weighted by Crippen LogP contribution is -2.31. The van der Waals surface area contributed by atoms with Crippen LogP contribution < -0.4 is 10.2 Å². The van der Waals surface area contributed by atoms with Gasteiger partial charge in [0.2, 0.25) is 0 Å². The summed E-state index contributed by atoms with van der Waals surface area (Å²) in [4.78, 5) is 2.24. The van der Waals surface area contributed by atoms with Gasteiger partial charge in [0.15, 0.2) is 0 Å². The van der Waals surface area contributed by atoms with Gasteiger partial charge in [0, 0.05) is 32.2 Å². The molecule has 1 aliphatic rings. The second-order valence-corrected chi connectivity index (χ2v) is 5.46. The van der Waals surface area contributed by atoms with E-state index in [2.05, 4.69) is 22.2 Å². The van der Waals surface area contributed by atoms with Crippen LogP contribution in [0.25, 0.3) is 0 Å². The van der Waals surface area contributed by atoms with E-state index in [4.69, 9.17) is 0 Å². The number of rotatable bonds is 4. The number of β-amino-alcohol motifs (C(OH)–C–C–N with tert-alkyl or cyclic N) is 1. The second kappa shape index (κ2) is 4.90. The lowest BCUT2D eigenvalue weighted by molar-refractivity contribution is 0.0838. The molecule has 2 heterocycles. The molecule has 0 spiro atoms. The average molecular weight is 252 g/mol. The lowest BCUT2D eigenvalue weighted by Gasteiger charge is -2.22. The van der Waals surface area contributed by atoms with E-state index in [1.165, 1.54) is 5.56 Å². The molecule has 18 heavy (non-hydrogen) atoms. The topological polar surface area (TPSA) is 53.3 Å². The maximum atomic E-state index is 10.1. The predicted molar refractivity (Wildman–Crippen MR) is 72.8 cm³/mol. The molecular formula is C13H24N4O. The summed E-state index contributed by atoms with van der Waals surface area (Å²) in [6.07, 6.45) is 0.817. The highest BCUT2D eigenvalue weighted by molar-refractivity contribution is 5.51. The maximum Gasteiger partial charge on any atom is 0.131 e. The molecule has 2 rings (SSSR count). The SMILES string of the molecule is CCNCc1c(C)nn(C)c1N1CCC(C)(O)C1. The van der Waals surface area contributed by atoms with Crippen LogP contribution in [0.4, 0.5) is 5.82 Å². The van der Waals surface area contributed by atoms with Gasteiger partial charge in [-0.25, -0.2) is 0 Å². The molecule has 2 N–H and O–H groups in total. The van der Waals surface area contributed by atoms with Crippen LogP contribution >= 0.6 is 0 Å². The van der Waals surface area contributed by atoms with E-state index in [1.807, 2.05) is 25.6 Å². The number of aliphatic hydroxyl groups is 1. The summed E-state index contributed by atoms with van der Waals surface area (Å²) in [5.74, 6) is 1.14. The first-order valence-corrected chi connectivity index (χ1v) is 6.65. The normalized spacial score (nSPS) is 23.9. The molecule has 1 aliphatic heterocycles. The van der Waals surface area contributed by atoms with Gasteiger partial charge < -0.3 is 15.3 Å². The standard InChI is InChI=1S/C13H24N4O/c1-5-14-8-11-10(2)15-16(4)12(11)17-7-6-13(3,18)9-17/h14,18H,5-9H2,1-4H3. The van der Waals surface area contributed by atoms with Crippen LogP contribution in [0, 0.1) is 6.92 Å². The molecule has 0 radical (unpaired) electrons. The van der Waals surface area contributed by atoms with Crippen molar-refractivity contribution in [3.63, 3.8) is 0 Å². The molecule has 1 aromatic heterocycles. The van der Waals surface area contributed by atoms with Gasteiger partial charge in [-0.2, -0.15) is 5.10 Å².